The molecular formula is C13H13N3O2. The zero-order chi connectivity index (χ0) is 12.8. The van der Waals surface area contributed by atoms with Crippen LogP contribution in [-0.2, 0) is 16.8 Å². The summed E-state index contributed by atoms with van der Waals surface area (Å²) < 4.78 is 0. The third kappa shape index (κ3) is 1.24. The number of hydrogen-bond acceptors (Lipinski definition) is 3. The second-order valence-corrected chi connectivity index (χ2v) is 4.64. The van der Waals surface area contributed by atoms with E-state index in [9.17, 15) is 9.59 Å². The summed E-state index contributed by atoms with van der Waals surface area (Å²) in [7, 11) is 0. The second kappa shape index (κ2) is 3.66. The Bertz CT molecular complexity index is 555. The van der Waals surface area contributed by atoms with Crippen molar-refractivity contribution in [1.29, 1.82) is 0 Å². The zero-order valence-corrected chi connectivity index (χ0v) is 9.77. The van der Waals surface area contributed by atoms with Crippen LogP contribution in [0.5, 0.6) is 0 Å². The van der Waals surface area contributed by atoms with Crippen LogP contribution in [0.25, 0.3) is 0 Å². The molecule has 2 atom stereocenters. The SMILES string of the molecule is C=CCC1Cc2ncccc2C12NC(=O)NC2=O. The first kappa shape index (κ1) is 11.0. The Morgan fingerprint density at radius 2 is 2.39 bits per heavy atom. The van der Waals surface area contributed by atoms with Crippen LogP contribution in [0.1, 0.15) is 17.7 Å². The third-order valence-corrected chi connectivity index (χ3v) is 3.71. The minimum atomic E-state index is -0.963. The van der Waals surface area contributed by atoms with Crippen molar-refractivity contribution < 1.29 is 9.59 Å². The summed E-state index contributed by atoms with van der Waals surface area (Å²) in [5.74, 6) is -0.308. The molecule has 18 heavy (non-hydrogen) atoms. The molecule has 92 valence electrons. The van der Waals surface area contributed by atoms with E-state index in [1.807, 2.05) is 6.07 Å². The van der Waals surface area contributed by atoms with Crippen molar-refractivity contribution in [2.45, 2.75) is 18.4 Å². The summed E-state index contributed by atoms with van der Waals surface area (Å²) in [4.78, 5) is 28.0. The number of nitrogens with zero attached hydrogens (tertiary/aromatic N) is 1. The molecule has 5 nitrogen and oxygen atoms in total. The number of carbonyl (C=O) groups is 2. The molecule has 3 rings (SSSR count). The van der Waals surface area contributed by atoms with Crippen molar-refractivity contribution in [3.8, 4) is 0 Å². The maximum atomic E-state index is 12.2. The van der Waals surface area contributed by atoms with E-state index in [0.717, 1.165) is 11.3 Å². The van der Waals surface area contributed by atoms with Crippen LogP contribution >= 0.6 is 0 Å². The van der Waals surface area contributed by atoms with Gasteiger partial charge < -0.3 is 5.32 Å². The van der Waals surface area contributed by atoms with E-state index >= 15 is 0 Å². The van der Waals surface area contributed by atoms with Gasteiger partial charge in [-0.15, -0.1) is 6.58 Å². The first-order chi connectivity index (χ1) is 8.68. The Morgan fingerprint density at radius 1 is 1.56 bits per heavy atom. The monoisotopic (exact) mass is 243 g/mol. The highest BCUT2D eigenvalue weighted by molar-refractivity contribution is 6.08. The van der Waals surface area contributed by atoms with E-state index in [1.54, 1.807) is 18.3 Å². The third-order valence-electron chi connectivity index (χ3n) is 3.71. The minimum absolute atomic E-state index is 0.0219. The van der Waals surface area contributed by atoms with Gasteiger partial charge in [0.2, 0.25) is 0 Å². The Kier molecular flexibility index (Phi) is 2.23. The number of urea groups is 1. The van der Waals surface area contributed by atoms with Crippen LogP contribution in [0.4, 0.5) is 4.79 Å². The van der Waals surface area contributed by atoms with Crippen molar-refractivity contribution in [2.24, 2.45) is 5.92 Å². The second-order valence-electron chi connectivity index (χ2n) is 4.64. The topological polar surface area (TPSA) is 71.1 Å². The summed E-state index contributed by atoms with van der Waals surface area (Å²) >= 11 is 0. The van der Waals surface area contributed by atoms with E-state index in [1.165, 1.54) is 0 Å². The van der Waals surface area contributed by atoms with Gasteiger partial charge in [-0.05, 0) is 18.9 Å². The lowest BCUT2D eigenvalue weighted by Gasteiger charge is -2.28. The van der Waals surface area contributed by atoms with Crippen LogP contribution in [0.3, 0.4) is 0 Å². The smallest absolute Gasteiger partial charge is 0.319 e. The molecule has 2 N–H and O–H groups in total. The maximum Gasteiger partial charge on any atom is 0.322 e. The summed E-state index contributed by atoms with van der Waals surface area (Å²) in [5.41, 5.74) is 0.719. The number of allylic oxidation sites excluding steroid dienone is 1. The summed E-state index contributed by atoms with van der Waals surface area (Å²) in [5, 5.41) is 5.11. The normalized spacial score (nSPS) is 29.0. The van der Waals surface area contributed by atoms with Crippen molar-refractivity contribution in [2.75, 3.05) is 0 Å². The highest BCUT2D eigenvalue weighted by Crippen LogP contribution is 2.44. The number of hydrogen-bond donors (Lipinski definition) is 2. The molecule has 0 aromatic carbocycles. The first-order valence-corrected chi connectivity index (χ1v) is 5.87. The average Bonchev–Trinajstić information content (AvgIpc) is 2.81. The Labute approximate surface area is 104 Å². The van der Waals surface area contributed by atoms with Gasteiger partial charge in [-0.1, -0.05) is 12.1 Å². The van der Waals surface area contributed by atoms with E-state index in [2.05, 4.69) is 22.2 Å². The minimum Gasteiger partial charge on any atom is -0.319 e. The molecule has 2 heterocycles. The fourth-order valence-electron chi connectivity index (χ4n) is 2.97. The molecule has 3 amide bonds. The van der Waals surface area contributed by atoms with Gasteiger partial charge in [0.05, 0.1) is 0 Å². The van der Waals surface area contributed by atoms with E-state index in [0.29, 0.717) is 12.8 Å². The molecule has 5 heteroatoms. The lowest BCUT2D eigenvalue weighted by Crippen LogP contribution is -2.47. The van der Waals surface area contributed by atoms with E-state index in [4.69, 9.17) is 0 Å². The molecule has 1 spiro atoms. The van der Waals surface area contributed by atoms with Crippen molar-refractivity contribution in [3.63, 3.8) is 0 Å². The molecule has 0 saturated carbocycles. The van der Waals surface area contributed by atoms with Gasteiger partial charge in [-0.25, -0.2) is 4.79 Å². The van der Waals surface area contributed by atoms with Gasteiger partial charge in [0.15, 0.2) is 5.54 Å². The largest absolute Gasteiger partial charge is 0.322 e. The molecule has 1 aliphatic heterocycles. The molecule has 2 aliphatic rings. The van der Waals surface area contributed by atoms with Gasteiger partial charge in [0.1, 0.15) is 0 Å². The number of pyridine rings is 1. The van der Waals surface area contributed by atoms with Gasteiger partial charge >= 0.3 is 6.03 Å². The number of carbonyl (C=O) groups excluding carboxylic acids is 2. The van der Waals surface area contributed by atoms with Crippen LogP contribution < -0.4 is 10.6 Å². The number of imide groups is 1. The molecule has 0 bridgehead atoms. The molecule has 2 unspecified atom stereocenters. The van der Waals surface area contributed by atoms with Crippen LogP contribution in [0.15, 0.2) is 31.0 Å². The highest BCUT2D eigenvalue weighted by atomic mass is 16.2. The van der Waals surface area contributed by atoms with Crippen molar-refractivity contribution >= 4 is 11.9 Å². The van der Waals surface area contributed by atoms with E-state index in [-0.39, 0.29) is 11.8 Å². The number of fused-ring (bicyclic) bond motifs is 2. The Morgan fingerprint density at radius 3 is 3.06 bits per heavy atom. The number of amides is 3. The maximum absolute atomic E-state index is 12.2. The number of aromatic nitrogens is 1. The fourth-order valence-corrected chi connectivity index (χ4v) is 2.97. The Balaban J connectivity index is 2.16. The van der Waals surface area contributed by atoms with Crippen LogP contribution in [-0.4, -0.2) is 16.9 Å². The number of rotatable bonds is 2. The lowest BCUT2D eigenvalue weighted by atomic mass is 9.82. The summed E-state index contributed by atoms with van der Waals surface area (Å²) in [6.07, 6.45) is 4.81. The van der Waals surface area contributed by atoms with Gasteiger partial charge in [-0.3, -0.25) is 15.1 Å². The summed E-state index contributed by atoms with van der Waals surface area (Å²) in [6.45, 7) is 3.72. The first-order valence-electron chi connectivity index (χ1n) is 5.87. The van der Waals surface area contributed by atoms with Gasteiger partial charge in [0, 0.05) is 23.4 Å². The molecule has 1 aromatic rings. The summed E-state index contributed by atoms with van der Waals surface area (Å²) in [6, 6.07) is 3.20. The van der Waals surface area contributed by atoms with Gasteiger partial charge in [-0.2, -0.15) is 0 Å². The predicted octanol–water partition coefficient (Wildman–Crippen LogP) is 0.865. The van der Waals surface area contributed by atoms with Crippen molar-refractivity contribution in [3.05, 3.63) is 42.2 Å². The lowest BCUT2D eigenvalue weighted by molar-refractivity contribution is -0.125. The van der Waals surface area contributed by atoms with Gasteiger partial charge in [0.25, 0.3) is 5.91 Å². The molecule has 1 aliphatic carbocycles. The average molecular weight is 243 g/mol. The highest BCUT2D eigenvalue weighted by Gasteiger charge is 2.57. The molecule has 1 aromatic heterocycles. The fraction of sp³-hybridized carbons (Fsp3) is 0.308. The predicted molar refractivity (Wildman–Crippen MR) is 64.6 cm³/mol. The zero-order valence-electron chi connectivity index (χ0n) is 9.77. The van der Waals surface area contributed by atoms with Crippen LogP contribution in [0, 0.1) is 5.92 Å². The van der Waals surface area contributed by atoms with E-state index < -0.39 is 11.6 Å². The quantitative estimate of drug-likeness (QED) is 0.598. The van der Waals surface area contributed by atoms with Crippen molar-refractivity contribution in [1.82, 2.24) is 15.6 Å². The number of nitrogens with one attached hydrogen (secondary N) is 2. The molecule has 0 radical (unpaired) electrons. The standard InChI is InChI=1S/C13H13N3O2/c1-2-4-8-7-10-9(5-3-6-14-10)13(8)11(17)15-12(18)16-13/h2-3,5-6,8H,1,4,7H2,(H2,15,16,17,18). The Hall–Kier alpha value is -2.17. The molecule has 1 fully saturated rings. The van der Waals surface area contributed by atoms with Crippen LogP contribution in [0.2, 0.25) is 0 Å². The molecular weight excluding hydrogens is 230 g/mol. The molecule has 1 saturated heterocycles.